The second kappa shape index (κ2) is 11.6. The first-order valence-electron chi connectivity index (χ1n) is 13.7. The third kappa shape index (κ3) is 5.43. The zero-order valence-electron chi connectivity index (χ0n) is 22.9. The van der Waals surface area contributed by atoms with E-state index in [0.717, 1.165) is 5.39 Å². The summed E-state index contributed by atoms with van der Waals surface area (Å²) in [6, 6.07) is 32.4. The predicted molar refractivity (Wildman–Crippen MR) is 162 cm³/mol. The lowest BCUT2D eigenvalue weighted by atomic mass is 9.94. The van der Waals surface area contributed by atoms with Gasteiger partial charge in [-0.05, 0) is 66.4 Å². The highest BCUT2D eigenvalue weighted by Gasteiger charge is 2.32. The summed E-state index contributed by atoms with van der Waals surface area (Å²) in [5.41, 5.74) is 1.40. The fourth-order valence-electron chi connectivity index (χ4n) is 5.25. The van der Waals surface area contributed by atoms with Crippen LogP contribution in [0.25, 0.3) is 10.8 Å². The van der Waals surface area contributed by atoms with Gasteiger partial charge in [0.2, 0.25) is 0 Å². The van der Waals surface area contributed by atoms with Gasteiger partial charge in [-0.3, -0.25) is 29.4 Å². The van der Waals surface area contributed by atoms with Crippen molar-refractivity contribution in [2.75, 3.05) is 18.0 Å². The van der Waals surface area contributed by atoms with Gasteiger partial charge in [-0.15, -0.1) is 0 Å². The van der Waals surface area contributed by atoms with Crippen LogP contribution in [0.5, 0.6) is 11.5 Å². The smallest absolute Gasteiger partial charge is 0.270 e. The molecule has 0 spiro atoms. The first-order chi connectivity index (χ1) is 20.9. The molecule has 9 heteroatoms. The number of benzene rings is 5. The first kappa shape index (κ1) is 27.3. The molecule has 0 radical (unpaired) electrons. The maximum absolute atomic E-state index is 13.7. The fourth-order valence-corrected chi connectivity index (χ4v) is 5.25. The summed E-state index contributed by atoms with van der Waals surface area (Å²) >= 11 is 0. The van der Waals surface area contributed by atoms with E-state index in [1.54, 1.807) is 48.5 Å². The molecule has 1 heterocycles. The van der Waals surface area contributed by atoms with Crippen molar-refractivity contribution in [2.24, 2.45) is 0 Å². The number of amides is 3. The molecule has 0 N–H and O–H groups in total. The SMILES string of the molecule is O=C1c2cccc3cccc(c23)C(=O)N1CCCN(C(=O)c1cccc([N+](=O)[O-])c1)c1ccc(Oc2ccccc2)cc1. The number of rotatable bonds is 9. The van der Waals surface area contributed by atoms with Gasteiger partial charge in [0.05, 0.1) is 4.92 Å². The van der Waals surface area contributed by atoms with E-state index in [2.05, 4.69) is 0 Å². The van der Waals surface area contributed by atoms with E-state index in [0.29, 0.717) is 33.7 Å². The number of nitro benzene ring substituents is 1. The monoisotopic (exact) mass is 571 g/mol. The van der Waals surface area contributed by atoms with Crippen LogP contribution in [0.3, 0.4) is 0 Å². The molecule has 6 rings (SSSR count). The summed E-state index contributed by atoms with van der Waals surface area (Å²) in [4.78, 5) is 53.9. The molecule has 1 aliphatic heterocycles. The van der Waals surface area contributed by atoms with Crippen LogP contribution in [0, 0.1) is 10.1 Å². The summed E-state index contributed by atoms with van der Waals surface area (Å²) < 4.78 is 5.88. The van der Waals surface area contributed by atoms with E-state index in [1.807, 2.05) is 42.5 Å². The first-order valence-corrected chi connectivity index (χ1v) is 13.7. The van der Waals surface area contributed by atoms with Crippen molar-refractivity contribution in [1.82, 2.24) is 4.90 Å². The number of para-hydroxylation sites is 1. The quantitative estimate of drug-likeness (QED) is 0.108. The normalized spacial score (nSPS) is 12.3. The lowest BCUT2D eigenvalue weighted by molar-refractivity contribution is -0.384. The number of nitrogens with zero attached hydrogens (tertiary/aromatic N) is 3. The zero-order valence-corrected chi connectivity index (χ0v) is 22.9. The standard InChI is InChI=1S/C34H25N3O6/c38-32(24-10-4-11-26(22-24)37(41)42)35(25-16-18-28(19-17-25)43-27-12-2-1-3-13-27)20-7-21-36-33(39)29-14-5-8-23-9-6-15-30(31(23)29)34(36)40/h1-6,8-19,22H,7,20-21H2. The largest absolute Gasteiger partial charge is 0.457 e. The van der Waals surface area contributed by atoms with Crippen molar-refractivity contribution in [3.63, 3.8) is 0 Å². The second-order valence-electron chi connectivity index (χ2n) is 10.00. The average Bonchev–Trinajstić information content (AvgIpc) is 3.04. The Balaban J connectivity index is 1.25. The van der Waals surface area contributed by atoms with Crippen LogP contribution in [-0.2, 0) is 0 Å². The van der Waals surface area contributed by atoms with Gasteiger partial charge in [0, 0.05) is 53.0 Å². The van der Waals surface area contributed by atoms with Crippen LogP contribution >= 0.6 is 0 Å². The van der Waals surface area contributed by atoms with Crippen molar-refractivity contribution in [2.45, 2.75) is 6.42 Å². The molecule has 0 unspecified atom stereocenters. The van der Waals surface area contributed by atoms with E-state index < -0.39 is 10.8 Å². The van der Waals surface area contributed by atoms with Crippen LogP contribution in [0.15, 0.2) is 115 Å². The Morgan fingerprint density at radius 1 is 0.767 bits per heavy atom. The molecule has 0 fully saturated rings. The Kier molecular flexibility index (Phi) is 7.36. The molecule has 5 aromatic carbocycles. The third-order valence-electron chi connectivity index (χ3n) is 7.30. The summed E-state index contributed by atoms with van der Waals surface area (Å²) in [6.45, 7) is 0.222. The van der Waals surface area contributed by atoms with Gasteiger partial charge >= 0.3 is 0 Å². The Labute approximate surface area is 246 Å². The molecule has 0 saturated heterocycles. The summed E-state index contributed by atoms with van der Waals surface area (Å²) in [5, 5.41) is 12.8. The van der Waals surface area contributed by atoms with Crippen molar-refractivity contribution in [1.29, 1.82) is 0 Å². The second-order valence-corrected chi connectivity index (χ2v) is 10.00. The molecular weight excluding hydrogens is 546 g/mol. The van der Waals surface area contributed by atoms with Gasteiger partial charge in [0.1, 0.15) is 11.5 Å². The minimum Gasteiger partial charge on any atom is -0.457 e. The van der Waals surface area contributed by atoms with Crippen LogP contribution in [0.1, 0.15) is 37.5 Å². The summed E-state index contributed by atoms with van der Waals surface area (Å²) in [5.74, 6) is 0.0105. The van der Waals surface area contributed by atoms with Crippen molar-refractivity contribution in [3.05, 3.63) is 142 Å². The Morgan fingerprint density at radius 2 is 1.40 bits per heavy atom. The minimum absolute atomic E-state index is 0.0797. The van der Waals surface area contributed by atoms with Crippen molar-refractivity contribution in [3.8, 4) is 11.5 Å². The topological polar surface area (TPSA) is 110 Å². The molecule has 212 valence electrons. The summed E-state index contributed by atoms with van der Waals surface area (Å²) in [7, 11) is 0. The van der Waals surface area contributed by atoms with Gasteiger partial charge in [-0.2, -0.15) is 0 Å². The maximum atomic E-state index is 13.7. The number of nitro groups is 1. The number of anilines is 1. The number of carbonyl (C=O) groups excluding carboxylic acids is 3. The highest BCUT2D eigenvalue weighted by atomic mass is 16.6. The van der Waals surface area contributed by atoms with Gasteiger partial charge in [0.25, 0.3) is 23.4 Å². The van der Waals surface area contributed by atoms with Gasteiger partial charge in [-0.25, -0.2) is 0 Å². The highest BCUT2D eigenvalue weighted by Crippen LogP contribution is 2.31. The molecule has 0 bridgehead atoms. The Bertz CT molecular complexity index is 1820. The fraction of sp³-hybridized carbons (Fsp3) is 0.0882. The van der Waals surface area contributed by atoms with Crippen molar-refractivity contribution < 1.29 is 24.0 Å². The third-order valence-corrected chi connectivity index (χ3v) is 7.30. The Morgan fingerprint density at radius 3 is 2.05 bits per heavy atom. The van der Waals surface area contributed by atoms with Crippen LogP contribution in [0.4, 0.5) is 11.4 Å². The van der Waals surface area contributed by atoms with E-state index in [9.17, 15) is 24.5 Å². The summed E-state index contributed by atoms with van der Waals surface area (Å²) in [6.07, 6.45) is 0.276. The number of ether oxygens (including phenoxy) is 1. The molecule has 0 aromatic heterocycles. The lowest BCUT2D eigenvalue weighted by Gasteiger charge is -2.29. The highest BCUT2D eigenvalue weighted by molar-refractivity contribution is 6.25. The number of hydrogen-bond acceptors (Lipinski definition) is 6. The van der Waals surface area contributed by atoms with Gasteiger partial charge in [0.15, 0.2) is 0 Å². The van der Waals surface area contributed by atoms with Gasteiger partial charge in [-0.1, -0.05) is 48.5 Å². The minimum atomic E-state index is -0.553. The lowest BCUT2D eigenvalue weighted by Crippen LogP contribution is -2.42. The molecule has 3 amide bonds. The average molecular weight is 572 g/mol. The number of imide groups is 1. The van der Waals surface area contributed by atoms with E-state index >= 15 is 0 Å². The van der Waals surface area contributed by atoms with Crippen LogP contribution < -0.4 is 9.64 Å². The molecule has 0 aliphatic carbocycles. The van der Waals surface area contributed by atoms with Crippen LogP contribution in [-0.4, -0.2) is 40.6 Å². The predicted octanol–water partition coefficient (Wildman–Crippen LogP) is 6.87. The number of carbonyl (C=O) groups is 3. The molecule has 5 aromatic rings. The van der Waals surface area contributed by atoms with Crippen molar-refractivity contribution >= 4 is 39.9 Å². The molecule has 0 atom stereocenters. The molecule has 1 aliphatic rings. The molecular formula is C34H25N3O6. The van der Waals surface area contributed by atoms with E-state index in [-0.39, 0.29) is 42.6 Å². The maximum Gasteiger partial charge on any atom is 0.270 e. The number of non-ortho nitro benzene ring substituents is 1. The van der Waals surface area contributed by atoms with Gasteiger partial charge < -0.3 is 9.64 Å². The number of hydrogen-bond donors (Lipinski definition) is 0. The van der Waals surface area contributed by atoms with E-state index in [4.69, 9.17) is 4.74 Å². The Hall–Kier alpha value is -5.83. The molecule has 9 nitrogen and oxygen atoms in total. The van der Waals surface area contributed by atoms with E-state index in [1.165, 1.54) is 34.1 Å². The molecule has 43 heavy (non-hydrogen) atoms. The van der Waals surface area contributed by atoms with Crippen LogP contribution in [0.2, 0.25) is 0 Å². The molecule has 0 saturated carbocycles. The zero-order chi connectivity index (χ0) is 29.9.